The van der Waals surface area contributed by atoms with Crippen molar-refractivity contribution in [1.29, 1.82) is 0 Å². The molecule has 1 aliphatic rings. The van der Waals surface area contributed by atoms with Crippen LogP contribution < -0.4 is 0 Å². The predicted molar refractivity (Wildman–Crippen MR) is 88.2 cm³/mol. The van der Waals surface area contributed by atoms with Gasteiger partial charge in [-0.05, 0) is 6.07 Å². The largest absolute Gasteiger partial charge is 0.294 e. The Balaban J connectivity index is 1.76. The van der Waals surface area contributed by atoms with Crippen LogP contribution in [0.4, 0.5) is 0 Å². The van der Waals surface area contributed by atoms with Gasteiger partial charge in [-0.1, -0.05) is 37.0 Å². The van der Waals surface area contributed by atoms with Gasteiger partial charge >= 0.3 is 0 Å². The van der Waals surface area contributed by atoms with Gasteiger partial charge < -0.3 is 0 Å². The first-order valence-corrected chi connectivity index (χ1v) is 8.15. The van der Waals surface area contributed by atoms with E-state index in [1.165, 1.54) is 11.3 Å². The van der Waals surface area contributed by atoms with E-state index in [2.05, 4.69) is 33.7 Å². The van der Waals surface area contributed by atoms with E-state index in [1.807, 2.05) is 12.3 Å². The minimum atomic E-state index is 0.361. The number of halogens is 2. The van der Waals surface area contributed by atoms with Crippen LogP contribution in [0.1, 0.15) is 42.4 Å². The maximum absolute atomic E-state index is 6.15. The molecule has 22 heavy (non-hydrogen) atoms. The molecule has 0 N–H and O–H groups in total. The highest BCUT2D eigenvalue weighted by Crippen LogP contribution is 2.23. The molecule has 6 heteroatoms. The Morgan fingerprint density at radius 3 is 2.82 bits per heavy atom. The molecule has 0 aromatic carbocycles. The molecule has 0 unspecified atom stereocenters. The van der Waals surface area contributed by atoms with Crippen LogP contribution in [-0.4, -0.2) is 26.4 Å². The van der Waals surface area contributed by atoms with Crippen molar-refractivity contribution in [3.8, 4) is 0 Å². The molecular formula is C16H18Cl2N4. The van der Waals surface area contributed by atoms with Crippen LogP contribution in [0.3, 0.4) is 0 Å². The lowest BCUT2D eigenvalue weighted by molar-refractivity contribution is 0.242. The van der Waals surface area contributed by atoms with Crippen LogP contribution in [0.15, 0.2) is 18.5 Å². The molecule has 3 rings (SSSR count). The highest BCUT2D eigenvalue weighted by molar-refractivity contribution is 6.32. The zero-order valence-corrected chi connectivity index (χ0v) is 14.2. The molecule has 0 fully saturated rings. The third-order valence-electron chi connectivity index (χ3n) is 3.82. The van der Waals surface area contributed by atoms with Crippen LogP contribution in [0.2, 0.25) is 10.2 Å². The molecule has 0 spiro atoms. The molecule has 4 nitrogen and oxygen atoms in total. The number of pyridine rings is 1. The molecule has 0 atom stereocenters. The van der Waals surface area contributed by atoms with Crippen molar-refractivity contribution in [3.63, 3.8) is 0 Å². The second-order valence-corrected chi connectivity index (χ2v) is 6.71. The van der Waals surface area contributed by atoms with Gasteiger partial charge in [-0.15, -0.1) is 0 Å². The van der Waals surface area contributed by atoms with Crippen molar-refractivity contribution in [2.45, 2.75) is 39.3 Å². The fraction of sp³-hybridized carbons (Fsp3) is 0.438. The Labute approximate surface area is 140 Å². The van der Waals surface area contributed by atoms with E-state index in [9.17, 15) is 0 Å². The lowest BCUT2D eigenvalue weighted by Gasteiger charge is -2.28. The van der Waals surface area contributed by atoms with Crippen LogP contribution in [0.25, 0.3) is 0 Å². The Bertz CT molecular complexity index is 688. The lowest BCUT2D eigenvalue weighted by atomic mass is 10.1. The van der Waals surface area contributed by atoms with Gasteiger partial charge in [0.1, 0.15) is 11.0 Å². The fourth-order valence-corrected chi connectivity index (χ4v) is 2.96. The van der Waals surface area contributed by atoms with Crippen molar-refractivity contribution in [3.05, 3.63) is 51.3 Å². The Kier molecular flexibility index (Phi) is 4.62. The summed E-state index contributed by atoms with van der Waals surface area (Å²) < 4.78 is 0. The first kappa shape index (κ1) is 15.7. The summed E-state index contributed by atoms with van der Waals surface area (Å²) in [6.07, 6.45) is 4.46. The molecule has 3 heterocycles. The monoisotopic (exact) mass is 336 g/mol. The zero-order valence-electron chi connectivity index (χ0n) is 12.7. The van der Waals surface area contributed by atoms with E-state index in [-0.39, 0.29) is 0 Å². The number of hydrogen-bond donors (Lipinski definition) is 0. The topological polar surface area (TPSA) is 41.9 Å². The number of rotatable bonds is 3. The van der Waals surface area contributed by atoms with Gasteiger partial charge in [0.05, 0.1) is 5.02 Å². The van der Waals surface area contributed by atoms with Crippen molar-refractivity contribution in [2.24, 2.45) is 0 Å². The van der Waals surface area contributed by atoms with E-state index in [0.29, 0.717) is 16.1 Å². The third kappa shape index (κ3) is 3.40. The summed E-state index contributed by atoms with van der Waals surface area (Å²) >= 11 is 12.2. The minimum Gasteiger partial charge on any atom is -0.294 e. The van der Waals surface area contributed by atoms with Crippen LogP contribution in [0.5, 0.6) is 0 Å². The molecule has 0 saturated heterocycles. The molecule has 0 aliphatic carbocycles. The van der Waals surface area contributed by atoms with Crippen molar-refractivity contribution < 1.29 is 0 Å². The van der Waals surface area contributed by atoms with Crippen molar-refractivity contribution in [2.75, 3.05) is 6.54 Å². The van der Waals surface area contributed by atoms with E-state index >= 15 is 0 Å². The summed E-state index contributed by atoms with van der Waals surface area (Å²) in [6, 6.07) is 1.88. The number of aromatic nitrogens is 3. The summed E-state index contributed by atoms with van der Waals surface area (Å²) in [5.74, 6) is 1.29. The second-order valence-electron chi connectivity index (χ2n) is 5.92. The van der Waals surface area contributed by atoms with Gasteiger partial charge in [-0.3, -0.25) is 4.90 Å². The van der Waals surface area contributed by atoms with E-state index < -0.39 is 0 Å². The quantitative estimate of drug-likeness (QED) is 0.798. The van der Waals surface area contributed by atoms with Gasteiger partial charge in [0.15, 0.2) is 0 Å². The molecule has 0 radical (unpaired) electrons. The fourth-order valence-electron chi connectivity index (χ4n) is 2.62. The van der Waals surface area contributed by atoms with Crippen LogP contribution >= 0.6 is 23.2 Å². The molecule has 116 valence electrons. The highest BCUT2D eigenvalue weighted by Gasteiger charge is 2.20. The lowest BCUT2D eigenvalue weighted by Crippen LogP contribution is -2.31. The summed E-state index contributed by atoms with van der Waals surface area (Å²) in [5.41, 5.74) is 3.32. The highest BCUT2D eigenvalue weighted by atomic mass is 35.5. The van der Waals surface area contributed by atoms with E-state index in [4.69, 9.17) is 23.2 Å². The Morgan fingerprint density at radius 1 is 1.23 bits per heavy atom. The SMILES string of the molecule is CC(C)c1ncc2c(n1)CCN(Cc1cc(Cl)cnc1Cl)C2. The van der Waals surface area contributed by atoms with Crippen molar-refractivity contribution in [1.82, 2.24) is 19.9 Å². The van der Waals surface area contributed by atoms with Gasteiger partial charge in [-0.2, -0.15) is 0 Å². The summed E-state index contributed by atoms with van der Waals surface area (Å²) in [4.78, 5) is 15.6. The predicted octanol–water partition coefficient (Wildman–Crippen LogP) is 3.86. The zero-order chi connectivity index (χ0) is 15.7. The first-order valence-electron chi connectivity index (χ1n) is 7.40. The normalized spacial score (nSPS) is 15.1. The summed E-state index contributed by atoms with van der Waals surface area (Å²) in [6.45, 7) is 6.74. The maximum atomic E-state index is 6.15. The molecule has 0 bridgehead atoms. The molecule has 0 saturated carbocycles. The maximum Gasteiger partial charge on any atom is 0.133 e. The average molecular weight is 337 g/mol. The summed E-state index contributed by atoms with van der Waals surface area (Å²) in [7, 11) is 0. The Morgan fingerprint density at radius 2 is 2.05 bits per heavy atom. The smallest absolute Gasteiger partial charge is 0.133 e. The van der Waals surface area contributed by atoms with Gasteiger partial charge in [0.2, 0.25) is 0 Å². The van der Waals surface area contributed by atoms with Crippen molar-refractivity contribution >= 4 is 23.2 Å². The second kappa shape index (κ2) is 6.49. The number of hydrogen-bond acceptors (Lipinski definition) is 4. The van der Waals surface area contributed by atoms with E-state index in [0.717, 1.165) is 37.4 Å². The first-order chi connectivity index (χ1) is 10.5. The van der Waals surface area contributed by atoms with Crippen LogP contribution in [0, 0.1) is 0 Å². The van der Waals surface area contributed by atoms with Gasteiger partial charge in [0.25, 0.3) is 0 Å². The standard InChI is InChI=1S/C16H18Cl2N4/c1-10(2)16-20-6-12-9-22(4-3-14(12)21-16)8-11-5-13(17)7-19-15(11)18/h5-7,10H,3-4,8-9H2,1-2H3. The third-order valence-corrected chi connectivity index (χ3v) is 4.37. The Hall–Kier alpha value is -1.23. The van der Waals surface area contributed by atoms with E-state index in [1.54, 1.807) is 6.20 Å². The number of nitrogens with zero attached hydrogens (tertiary/aromatic N) is 4. The van der Waals surface area contributed by atoms with Gasteiger partial charge in [0, 0.05) is 61.2 Å². The molecule has 2 aromatic rings. The summed E-state index contributed by atoms with van der Waals surface area (Å²) in [5, 5.41) is 1.13. The van der Waals surface area contributed by atoms with Gasteiger partial charge in [-0.25, -0.2) is 15.0 Å². The molecule has 0 amide bonds. The average Bonchev–Trinajstić information content (AvgIpc) is 2.50. The minimum absolute atomic E-state index is 0.361. The number of fused-ring (bicyclic) bond motifs is 1. The molecule has 2 aromatic heterocycles. The molecule has 1 aliphatic heterocycles. The molecular weight excluding hydrogens is 319 g/mol. The van der Waals surface area contributed by atoms with Crippen LogP contribution in [-0.2, 0) is 19.5 Å².